The Labute approximate surface area is 213 Å². The Hall–Kier alpha value is -3.79. The number of aromatic nitrogens is 2. The number of hydrogen-bond donors (Lipinski definition) is 3. The summed E-state index contributed by atoms with van der Waals surface area (Å²) in [5.74, 6) is -2.12. The van der Waals surface area contributed by atoms with Gasteiger partial charge in [0.05, 0.1) is 11.4 Å². The number of anilines is 1. The fourth-order valence-electron chi connectivity index (χ4n) is 4.98. The monoisotopic (exact) mass is 507 g/mol. The van der Waals surface area contributed by atoms with Gasteiger partial charge >= 0.3 is 5.97 Å². The normalized spacial score (nSPS) is 20.2. The molecule has 0 bridgehead atoms. The number of carbonyl (C=O) groups excluding carboxylic acids is 1. The lowest BCUT2D eigenvalue weighted by Gasteiger charge is -2.26. The van der Waals surface area contributed by atoms with E-state index >= 15 is 4.39 Å². The molecule has 1 amide bonds. The highest BCUT2D eigenvalue weighted by Crippen LogP contribution is 2.38. The Balaban J connectivity index is 1.32. The molecule has 1 aromatic carbocycles. The fourth-order valence-corrected chi connectivity index (χ4v) is 4.98. The van der Waals surface area contributed by atoms with Gasteiger partial charge < -0.3 is 25.6 Å². The zero-order chi connectivity index (χ0) is 26.3. The number of fused-ring (bicyclic) bond motifs is 1. The van der Waals surface area contributed by atoms with E-state index in [1.807, 2.05) is 42.2 Å². The summed E-state index contributed by atoms with van der Waals surface area (Å²) >= 11 is 0. The second-order valence-corrected chi connectivity index (χ2v) is 10.5. The van der Waals surface area contributed by atoms with Gasteiger partial charge in [0.2, 0.25) is 11.3 Å². The average molecular weight is 508 g/mol. The molecule has 2 atom stereocenters. The molecule has 10 heteroatoms. The van der Waals surface area contributed by atoms with Gasteiger partial charge in [-0.1, -0.05) is 37.3 Å². The molecule has 2 fully saturated rings. The number of halogens is 1. The van der Waals surface area contributed by atoms with Gasteiger partial charge in [0.15, 0.2) is 11.6 Å². The van der Waals surface area contributed by atoms with Crippen molar-refractivity contribution in [1.82, 2.24) is 14.9 Å². The first-order valence-electron chi connectivity index (χ1n) is 12.5. The van der Waals surface area contributed by atoms with Gasteiger partial charge in [-0.25, -0.2) is 14.2 Å². The van der Waals surface area contributed by atoms with Crippen LogP contribution in [0, 0.1) is 11.2 Å². The van der Waals surface area contributed by atoms with E-state index in [2.05, 4.69) is 10.3 Å². The Bertz CT molecular complexity index is 1420. The van der Waals surface area contributed by atoms with Crippen molar-refractivity contribution in [2.45, 2.75) is 44.7 Å². The zero-order valence-corrected chi connectivity index (χ0v) is 20.6. The fraction of sp³-hybridized carbons (Fsp3) is 0.407. The van der Waals surface area contributed by atoms with Crippen molar-refractivity contribution in [2.75, 3.05) is 24.5 Å². The Kier molecular flexibility index (Phi) is 6.45. The molecular formula is C27H30FN5O4. The maximum absolute atomic E-state index is 15.2. The highest BCUT2D eigenvalue weighted by Gasteiger charge is 2.37. The van der Waals surface area contributed by atoms with E-state index in [1.54, 1.807) is 4.57 Å². The van der Waals surface area contributed by atoms with E-state index in [0.717, 1.165) is 24.5 Å². The van der Waals surface area contributed by atoms with Crippen molar-refractivity contribution in [3.05, 3.63) is 69.8 Å². The third-order valence-corrected chi connectivity index (χ3v) is 7.29. The first-order valence-corrected chi connectivity index (χ1v) is 12.5. The van der Waals surface area contributed by atoms with Crippen molar-refractivity contribution >= 4 is 28.7 Å². The van der Waals surface area contributed by atoms with Gasteiger partial charge in [0, 0.05) is 37.3 Å². The van der Waals surface area contributed by atoms with E-state index in [-0.39, 0.29) is 34.1 Å². The molecule has 1 aliphatic heterocycles. The number of carboxylic acids is 1. The highest BCUT2D eigenvalue weighted by atomic mass is 19.1. The maximum atomic E-state index is 15.2. The number of nitrogens with one attached hydrogen (secondary N) is 1. The quantitative estimate of drug-likeness (QED) is 0.427. The molecular weight excluding hydrogens is 477 g/mol. The molecule has 0 unspecified atom stereocenters. The maximum Gasteiger partial charge on any atom is 0.341 e. The van der Waals surface area contributed by atoms with Crippen LogP contribution in [0.1, 0.15) is 48.1 Å². The summed E-state index contributed by atoms with van der Waals surface area (Å²) in [5.41, 5.74) is 5.94. The molecule has 5 rings (SSSR count). The first-order chi connectivity index (χ1) is 17.6. The van der Waals surface area contributed by atoms with Crippen LogP contribution in [0.15, 0.2) is 47.4 Å². The van der Waals surface area contributed by atoms with E-state index in [4.69, 9.17) is 5.73 Å². The largest absolute Gasteiger partial charge is 0.477 e. The first kappa shape index (κ1) is 24.9. The number of rotatable bonds is 8. The predicted octanol–water partition coefficient (Wildman–Crippen LogP) is 2.47. The molecule has 9 nitrogen and oxygen atoms in total. The number of carbonyl (C=O) groups is 2. The van der Waals surface area contributed by atoms with Crippen molar-refractivity contribution in [3.8, 4) is 0 Å². The molecule has 2 aliphatic rings. The van der Waals surface area contributed by atoms with Crippen LogP contribution < -0.4 is 21.4 Å². The second kappa shape index (κ2) is 9.59. The van der Waals surface area contributed by atoms with Crippen LogP contribution in [-0.4, -0.2) is 52.2 Å². The summed E-state index contributed by atoms with van der Waals surface area (Å²) in [6, 6.07) is 10.1. The Morgan fingerprint density at radius 3 is 2.70 bits per heavy atom. The third-order valence-electron chi connectivity index (χ3n) is 7.29. The van der Waals surface area contributed by atoms with Crippen LogP contribution in [0.5, 0.6) is 0 Å². The molecule has 2 aromatic heterocycles. The van der Waals surface area contributed by atoms with Crippen LogP contribution in [0.3, 0.4) is 0 Å². The lowest BCUT2D eigenvalue weighted by atomic mass is 9.89. The van der Waals surface area contributed by atoms with Crippen LogP contribution in [0.25, 0.3) is 11.0 Å². The smallest absolute Gasteiger partial charge is 0.341 e. The van der Waals surface area contributed by atoms with Gasteiger partial charge in [-0.05, 0) is 37.3 Å². The molecule has 1 saturated heterocycles. The van der Waals surface area contributed by atoms with E-state index in [1.165, 1.54) is 6.20 Å². The van der Waals surface area contributed by atoms with Crippen LogP contribution in [0.4, 0.5) is 10.2 Å². The molecule has 3 heterocycles. The molecule has 4 N–H and O–H groups in total. The number of pyridine rings is 2. The van der Waals surface area contributed by atoms with Crippen molar-refractivity contribution in [1.29, 1.82) is 0 Å². The van der Waals surface area contributed by atoms with Crippen LogP contribution in [0.2, 0.25) is 0 Å². The van der Waals surface area contributed by atoms with E-state index < -0.39 is 23.3 Å². The average Bonchev–Trinajstić information content (AvgIpc) is 3.64. The number of nitrogens with zero attached hydrogens (tertiary/aromatic N) is 3. The summed E-state index contributed by atoms with van der Waals surface area (Å²) in [5, 5.41) is 12.3. The molecule has 37 heavy (non-hydrogen) atoms. The summed E-state index contributed by atoms with van der Waals surface area (Å²) in [6.07, 6.45) is 4.15. The van der Waals surface area contributed by atoms with E-state index in [0.29, 0.717) is 38.1 Å². The Morgan fingerprint density at radius 1 is 1.30 bits per heavy atom. The van der Waals surface area contributed by atoms with Gasteiger partial charge in [-0.15, -0.1) is 0 Å². The number of nitrogens with two attached hydrogens (primary N) is 1. The standard InChI is InChI=1S/C27H30FN5O4/c1-27(14-30-25(35)21(29)11-16-5-3-2-4-6-16)9-10-32(15-27)24-20(28)12-18-22(34)19(26(36)37)13-33(17-7-8-17)23(18)31-24/h2-6,12-13,17,21H,7-11,14-15,29H2,1H3,(H,30,35)(H,36,37)/t21-,27-/m0/s1. The lowest BCUT2D eigenvalue weighted by Crippen LogP contribution is -2.46. The predicted molar refractivity (Wildman–Crippen MR) is 137 cm³/mol. The van der Waals surface area contributed by atoms with Crippen molar-refractivity contribution in [2.24, 2.45) is 11.1 Å². The van der Waals surface area contributed by atoms with Crippen LogP contribution in [-0.2, 0) is 11.2 Å². The Morgan fingerprint density at radius 2 is 2.03 bits per heavy atom. The molecule has 1 saturated carbocycles. The van der Waals surface area contributed by atoms with Gasteiger partial charge in [0.25, 0.3) is 0 Å². The molecule has 0 spiro atoms. The van der Waals surface area contributed by atoms with Crippen molar-refractivity contribution < 1.29 is 19.1 Å². The summed E-state index contributed by atoms with van der Waals surface area (Å²) in [7, 11) is 0. The molecule has 0 radical (unpaired) electrons. The lowest BCUT2D eigenvalue weighted by molar-refractivity contribution is -0.122. The number of benzene rings is 1. The topological polar surface area (TPSA) is 131 Å². The van der Waals surface area contributed by atoms with Gasteiger partial charge in [0.1, 0.15) is 11.2 Å². The zero-order valence-electron chi connectivity index (χ0n) is 20.6. The summed E-state index contributed by atoms with van der Waals surface area (Å²) < 4.78 is 16.9. The minimum absolute atomic E-state index is 0.0327. The number of carboxylic acid groups (broad SMARTS) is 1. The van der Waals surface area contributed by atoms with Crippen molar-refractivity contribution in [3.63, 3.8) is 0 Å². The third kappa shape index (κ3) is 5.06. The molecule has 194 valence electrons. The molecule has 3 aromatic rings. The highest BCUT2D eigenvalue weighted by molar-refractivity contribution is 5.92. The summed E-state index contributed by atoms with van der Waals surface area (Å²) in [6.45, 7) is 3.39. The number of aromatic carboxylic acids is 1. The number of amides is 1. The number of hydrogen-bond acceptors (Lipinski definition) is 6. The molecule has 1 aliphatic carbocycles. The van der Waals surface area contributed by atoms with E-state index in [9.17, 15) is 19.5 Å². The minimum Gasteiger partial charge on any atom is -0.477 e. The minimum atomic E-state index is -1.34. The summed E-state index contributed by atoms with van der Waals surface area (Å²) in [4.78, 5) is 43.2. The van der Waals surface area contributed by atoms with Gasteiger partial charge in [-0.2, -0.15) is 0 Å². The van der Waals surface area contributed by atoms with Gasteiger partial charge in [-0.3, -0.25) is 9.59 Å². The van der Waals surface area contributed by atoms with Crippen LogP contribution >= 0.6 is 0 Å². The SMILES string of the molecule is C[C@@]1(CNC(=O)[C@@H](N)Cc2ccccc2)CCN(c2nc3c(cc2F)c(=O)c(C(=O)O)cn3C2CC2)C1. The second-order valence-electron chi connectivity index (χ2n) is 10.5.